The molecule has 1 aliphatic heterocycles. The fourth-order valence-electron chi connectivity index (χ4n) is 4.00. The average molecular weight is 452 g/mol. The summed E-state index contributed by atoms with van der Waals surface area (Å²) in [6.07, 6.45) is 1.94. The van der Waals surface area contributed by atoms with Gasteiger partial charge in [0, 0.05) is 25.7 Å². The number of carbonyl (C=O) groups is 1. The number of hydrogen-bond acceptors (Lipinski definition) is 6. The number of likely N-dealkylation sites (tertiary alicyclic amines) is 1. The third-order valence-corrected chi connectivity index (χ3v) is 6.58. The minimum absolute atomic E-state index is 0.0312. The number of rotatable bonds is 8. The summed E-state index contributed by atoms with van der Waals surface area (Å²) in [6.45, 7) is 4.85. The van der Waals surface area contributed by atoms with E-state index in [9.17, 15) is 4.79 Å². The van der Waals surface area contributed by atoms with Crippen LogP contribution >= 0.6 is 11.8 Å². The summed E-state index contributed by atoms with van der Waals surface area (Å²) in [7, 11) is 1.64. The number of thioether (sulfide) groups is 1. The third-order valence-electron chi connectivity index (χ3n) is 5.66. The monoisotopic (exact) mass is 451 g/mol. The predicted molar refractivity (Wildman–Crippen MR) is 126 cm³/mol. The Bertz CT molecular complexity index is 1030. The molecule has 4 rings (SSSR count). The highest BCUT2D eigenvalue weighted by atomic mass is 32.2. The summed E-state index contributed by atoms with van der Waals surface area (Å²) in [5.74, 6) is 1.83. The smallest absolute Gasteiger partial charge is 0.230 e. The zero-order valence-electron chi connectivity index (χ0n) is 18.5. The Morgan fingerprint density at radius 3 is 2.56 bits per heavy atom. The molecule has 1 amide bonds. The highest BCUT2D eigenvalue weighted by molar-refractivity contribution is 7.99. The highest BCUT2D eigenvalue weighted by Gasteiger charge is 2.22. The van der Waals surface area contributed by atoms with E-state index in [1.807, 2.05) is 41.8 Å². The lowest BCUT2D eigenvalue weighted by Crippen LogP contribution is -2.44. The van der Waals surface area contributed by atoms with Crippen LogP contribution in [0, 0.1) is 6.92 Å². The van der Waals surface area contributed by atoms with Gasteiger partial charge in [-0.3, -0.25) is 14.3 Å². The van der Waals surface area contributed by atoms with Gasteiger partial charge in [0.2, 0.25) is 5.91 Å². The van der Waals surface area contributed by atoms with Crippen LogP contribution in [0.15, 0.2) is 59.8 Å². The number of nitrogens with one attached hydrogen (secondary N) is 1. The molecule has 7 nitrogen and oxygen atoms in total. The summed E-state index contributed by atoms with van der Waals surface area (Å²) >= 11 is 1.39. The lowest BCUT2D eigenvalue weighted by Gasteiger charge is -2.32. The van der Waals surface area contributed by atoms with E-state index in [0.29, 0.717) is 10.9 Å². The maximum absolute atomic E-state index is 12.6. The Hall–Kier alpha value is -2.84. The molecule has 0 aliphatic carbocycles. The van der Waals surface area contributed by atoms with Crippen LogP contribution in [0.25, 0.3) is 5.69 Å². The number of para-hydroxylation sites is 2. The molecule has 3 aromatic rings. The van der Waals surface area contributed by atoms with Gasteiger partial charge in [-0.15, -0.1) is 10.2 Å². The van der Waals surface area contributed by atoms with Crippen LogP contribution in [0.5, 0.6) is 5.75 Å². The topological polar surface area (TPSA) is 72.3 Å². The normalized spacial score (nSPS) is 14.9. The number of methoxy groups -OCH3 is 1. The number of carbonyl (C=O) groups excluding carboxylic acids is 1. The molecule has 0 saturated carbocycles. The molecule has 1 fully saturated rings. The number of aromatic nitrogens is 3. The van der Waals surface area contributed by atoms with Crippen molar-refractivity contribution in [2.45, 2.75) is 37.5 Å². The standard InChI is InChI=1S/C24H29N5O2S/c1-18-26-27-24(29(18)21-10-6-7-11-22(21)31-2)32-17-23(30)25-20-12-14-28(15-13-20)16-19-8-4-3-5-9-19/h3-11,20H,12-17H2,1-2H3,(H,25,30). The van der Waals surface area contributed by atoms with Crippen molar-refractivity contribution >= 4 is 17.7 Å². The molecule has 1 aliphatic rings. The Labute approximate surface area is 193 Å². The van der Waals surface area contributed by atoms with Crippen LogP contribution in [0.1, 0.15) is 24.2 Å². The molecule has 32 heavy (non-hydrogen) atoms. The zero-order valence-corrected chi connectivity index (χ0v) is 19.3. The fourth-order valence-corrected chi connectivity index (χ4v) is 4.81. The van der Waals surface area contributed by atoms with E-state index < -0.39 is 0 Å². The Kier molecular flexibility index (Phi) is 7.44. The van der Waals surface area contributed by atoms with Gasteiger partial charge in [0.1, 0.15) is 11.6 Å². The first-order chi connectivity index (χ1) is 15.6. The number of nitrogens with zero attached hydrogens (tertiary/aromatic N) is 4. The van der Waals surface area contributed by atoms with E-state index in [2.05, 4.69) is 44.7 Å². The van der Waals surface area contributed by atoms with Gasteiger partial charge in [-0.1, -0.05) is 54.2 Å². The van der Waals surface area contributed by atoms with Gasteiger partial charge in [0.05, 0.1) is 18.6 Å². The second kappa shape index (κ2) is 10.7. The van der Waals surface area contributed by atoms with Crippen LogP contribution in [-0.2, 0) is 11.3 Å². The van der Waals surface area contributed by atoms with Gasteiger partial charge in [0.25, 0.3) is 0 Å². The number of benzene rings is 2. The minimum atomic E-state index is 0.0312. The Morgan fingerprint density at radius 2 is 1.81 bits per heavy atom. The average Bonchev–Trinajstić information content (AvgIpc) is 3.19. The first-order valence-electron chi connectivity index (χ1n) is 10.9. The SMILES string of the molecule is COc1ccccc1-n1c(C)nnc1SCC(=O)NC1CCN(Cc2ccccc2)CC1. The van der Waals surface area contributed by atoms with Crippen LogP contribution in [0.3, 0.4) is 0 Å². The summed E-state index contributed by atoms with van der Waals surface area (Å²) in [5.41, 5.74) is 2.20. The second-order valence-electron chi connectivity index (χ2n) is 7.93. The number of ether oxygens (including phenoxy) is 1. The number of amides is 1. The molecule has 1 N–H and O–H groups in total. The van der Waals surface area contributed by atoms with Crippen molar-refractivity contribution in [1.82, 2.24) is 25.0 Å². The van der Waals surface area contributed by atoms with Gasteiger partial charge in [-0.25, -0.2) is 0 Å². The summed E-state index contributed by atoms with van der Waals surface area (Å²) in [5, 5.41) is 12.3. The molecule has 168 valence electrons. The van der Waals surface area contributed by atoms with Crippen molar-refractivity contribution in [3.05, 3.63) is 66.0 Å². The first-order valence-corrected chi connectivity index (χ1v) is 11.9. The molecule has 0 spiro atoms. The molecule has 2 aromatic carbocycles. The lowest BCUT2D eigenvalue weighted by molar-refractivity contribution is -0.119. The van der Waals surface area contributed by atoms with Crippen molar-refractivity contribution in [2.24, 2.45) is 0 Å². The van der Waals surface area contributed by atoms with Crippen molar-refractivity contribution in [1.29, 1.82) is 0 Å². The molecular formula is C24H29N5O2S. The number of aryl methyl sites for hydroxylation is 1. The molecule has 2 heterocycles. The third kappa shape index (κ3) is 5.49. The molecule has 0 unspecified atom stereocenters. The summed E-state index contributed by atoms with van der Waals surface area (Å²) in [6, 6.07) is 18.5. The van der Waals surface area contributed by atoms with E-state index in [4.69, 9.17) is 4.74 Å². The lowest BCUT2D eigenvalue weighted by atomic mass is 10.0. The van der Waals surface area contributed by atoms with Crippen LogP contribution < -0.4 is 10.1 Å². The Balaban J connectivity index is 1.28. The molecular weight excluding hydrogens is 422 g/mol. The van der Waals surface area contributed by atoms with E-state index in [1.165, 1.54) is 17.3 Å². The zero-order chi connectivity index (χ0) is 22.3. The van der Waals surface area contributed by atoms with Gasteiger partial charge in [0.15, 0.2) is 5.16 Å². The molecule has 8 heteroatoms. The molecule has 1 aromatic heterocycles. The maximum Gasteiger partial charge on any atom is 0.230 e. The van der Waals surface area contributed by atoms with Gasteiger partial charge in [-0.2, -0.15) is 0 Å². The quantitative estimate of drug-likeness (QED) is 0.529. The largest absolute Gasteiger partial charge is 0.495 e. The van der Waals surface area contributed by atoms with E-state index in [1.54, 1.807) is 7.11 Å². The van der Waals surface area contributed by atoms with Crippen molar-refractivity contribution < 1.29 is 9.53 Å². The summed E-state index contributed by atoms with van der Waals surface area (Å²) < 4.78 is 7.41. The highest BCUT2D eigenvalue weighted by Crippen LogP contribution is 2.28. The van der Waals surface area contributed by atoms with E-state index in [-0.39, 0.29) is 11.9 Å². The number of piperidine rings is 1. The predicted octanol–water partition coefficient (Wildman–Crippen LogP) is 3.46. The maximum atomic E-state index is 12.6. The van der Waals surface area contributed by atoms with E-state index >= 15 is 0 Å². The summed E-state index contributed by atoms with van der Waals surface area (Å²) in [4.78, 5) is 15.1. The van der Waals surface area contributed by atoms with Crippen molar-refractivity contribution in [2.75, 3.05) is 26.0 Å². The van der Waals surface area contributed by atoms with Crippen molar-refractivity contribution in [3.63, 3.8) is 0 Å². The van der Waals surface area contributed by atoms with E-state index in [0.717, 1.165) is 49.7 Å². The molecule has 0 radical (unpaired) electrons. The van der Waals surface area contributed by atoms with Gasteiger partial charge in [-0.05, 0) is 37.5 Å². The van der Waals surface area contributed by atoms with Crippen LogP contribution in [-0.4, -0.2) is 57.6 Å². The molecule has 1 saturated heterocycles. The van der Waals surface area contributed by atoms with Crippen molar-refractivity contribution in [3.8, 4) is 11.4 Å². The Morgan fingerprint density at radius 1 is 1.09 bits per heavy atom. The minimum Gasteiger partial charge on any atom is -0.495 e. The van der Waals surface area contributed by atoms with Gasteiger partial charge < -0.3 is 10.1 Å². The van der Waals surface area contributed by atoms with Gasteiger partial charge >= 0.3 is 0 Å². The molecule has 0 bridgehead atoms. The molecule has 0 atom stereocenters. The second-order valence-corrected chi connectivity index (χ2v) is 8.87. The first kappa shape index (κ1) is 22.4. The number of hydrogen-bond donors (Lipinski definition) is 1. The van der Waals surface area contributed by atoms with Crippen LogP contribution in [0.2, 0.25) is 0 Å². The van der Waals surface area contributed by atoms with Crippen LogP contribution in [0.4, 0.5) is 0 Å². The fraction of sp³-hybridized carbons (Fsp3) is 0.375.